The third-order valence-corrected chi connectivity index (χ3v) is 8.68. The number of likely N-dealkylation sites (N-methyl/N-ethyl adjacent to an activating group) is 1. The van der Waals surface area contributed by atoms with Crippen LogP contribution < -0.4 is 16.0 Å². The van der Waals surface area contributed by atoms with Crippen LogP contribution in [0.2, 0.25) is 0 Å². The maximum atomic E-state index is 13.9. The number of nitrogens with zero attached hydrogens (tertiary/aromatic N) is 2. The van der Waals surface area contributed by atoms with Gasteiger partial charge in [0.25, 0.3) is 5.24 Å². The predicted molar refractivity (Wildman–Crippen MR) is 143 cm³/mol. The molecule has 1 aromatic rings. The highest BCUT2D eigenvalue weighted by molar-refractivity contribution is 8.13. The number of anilines is 2. The van der Waals surface area contributed by atoms with Gasteiger partial charge in [-0.25, -0.2) is 0 Å². The van der Waals surface area contributed by atoms with Crippen molar-refractivity contribution in [2.45, 2.75) is 31.4 Å². The third kappa shape index (κ3) is 4.23. The second kappa shape index (κ2) is 10.0. The fraction of sp³-hybridized carbons (Fsp3) is 0.538. The zero-order chi connectivity index (χ0) is 29.1. The lowest BCUT2D eigenvalue weighted by Crippen LogP contribution is -2.74. The van der Waals surface area contributed by atoms with E-state index in [0.29, 0.717) is 17.0 Å². The molecule has 12 nitrogen and oxygen atoms in total. The van der Waals surface area contributed by atoms with Crippen LogP contribution in [0.3, 0.4) is 0 Å². The molecule has 0 spiro atoms. The molecule has 2 saturated carbocycles. The summed E-state index contributed by atoms with van der Waals surface area (Å²) in [6, 6.07) is 0.381. The highest BCUT2D eigenvalue weighted by Gasteiger charge is 2.69. The van der Waals surface area contributed by atoms with Gasteiger partial charge in [0, 0.05) is 25.7 Å². The van der Waals surface area contributed by atoms with Gasteiger partial charge in [-0.1, -0.05) is 18.7 Å². The zero-order valence-electron chi connectivity index (χ0n) is 22.3. The lowest BCUT2D eigenvalue weighted by molar-refractivity contribution is -0.181. The van der Waals surface area contributed by atoms with Gasteiger partial charge in [-0.15, -0.1) is 0 Å². The van der Waals surface area contributed by atoms with Gasteiger partial charge in [-0.2, -0.15) is 0 Å². The number of nitrogens with two attached hydrogens (primary N) is 1. The molecule has 3 aliphatic carbocycles. The molecule has 0 radical (unpaired) electrons. The molecule has 3 aliphatic rings. The number of aromatic hydroxyl groups is 1. The van der Waals surface area contributed by atoms with Crippen LogP contribution in [0.1, 0.15) is 29.3 Å². The number of nitrogens with one attached hydrogen (secondary N) is 1. The van der Waals surface area contributed by atoms with Gasteiger partial charge in [0.2, 0.25) is 5.91 Å². The molecule has 0 bridgehead atoms. The molecule has 2 amide bonds. The number of carbonyl (C=O) groups is 6. The van der Waals surface area contributed by atoms with Crippen molar-refractivity contribution in [3.8, 4) is 5.75 Å². The van der Waals surface area contributed by atoms with Gasteiger partial charge >= 0.3 is 0 Å². The van der Waals surface area contributed by atoms with Crippen molar-refractivity contribution in [3.63, 3.8) is 0 Å². The third-order valence-electron chi connectivity index (χ3n) is 8.03. The summed E-state index contributed by atoms with van der Waals surface area (Å²) in [6.07, 6.45) is 0.0913. The normalized spacial score (nSPS) is 30.0. The molecule has 2 fully saturated rings. The minimum absolute atomic E-state index is 0.0177. The predicted octanol–water partition coefficient (Wildman–Crippen LogP) is 0.218. The Balaban J connectivity index is 1.87. The van der Waals surface area contributed by atoms with Crippen LogP contribution in [0.15, 0.2) is 6.07 Å². The second-order valence-corrected chi connectivity index (χ2v) is 11.9. The van der Waals surface area contributed by atoms with Crippen LogP contribution in [-0.2, 0) is 25.6 Å². The van der Waals surface area contributed by atoms with Crippen molar-refractivity contribution in [2.24, 2.45) is 29.4 Å². The van der Waals surface area contributed by atoms with Gasteiger partial charge in [0.15, 0.2) is 34.7 Å². The van der Waals surface area contributed by atoms with Crippen molar-refractivity contribution in [1.82, 2.24) is 4.90 Å². The van der Waals surface area contributed by atoms with E-state index in [2.05, 4.69) is 5.32 Å². The Labute approximate surface area is 229 Å². The Morgan fingerprint density at radius 2 is 1.79 bits per heavy atom. The van der Waals surface area contributed by atoms with Crippen molar-refractivity contribution >= 4 is 57.4 Å². The molecule has 1 aromatic carbocycles. The number of aliphatic hydroxyl groups is 1. The van der Waals surface area contributed by atoms with Gasteiger partial charge in [0.05, 0.1) is 23.2 Å². The van der Waals surface area contributed by atoms with Crippen LogP contribution in [0.5, 0.6) is 5.75 Å². The van der Waals surface area contributed by atoms with E-state index in [-0.39, 0.29) is 24.1 Å². The number of amides is 2. The van der Waals surface area contributed by atoms with Crippen LogP contribution in [0.4, 0.5) is 16.2 Å². The van der Waals surface area contributed by atoms with E-state index in [1.165, 1.54) is 19.0 Å². The van der Waals surface area contributed by atoms with Gasteiger partial charge in [0.1, 0.15) is 5.75 Å². The van der Waals surface area contributed by atoms with Crippen LogP contribution in [0, 0.1) is 23.7 Å². The number of phenolic OH excluding ortho intramolecular Hbond substituents is 1. The Kier molecular flexibility index (Phi) is 7.38. The van der Waals surface area contributed by atoms with Gasteiger partial charge in [-0.3, -0.25) is 33.7 Å². The average Bonchev–Trinajstić information content (AvgIpc) is 2.82. The molecule has 4 rings (SSSR count). The molecule has 2 unspecified atom stereocenters. The number of carbonyl (C=O) groups excluding carboxylic acids is 6. The van der Waals surface area contributed by atoms with E-state index in [1.807, 2.05) is 0 Å². The van der Waals surface area contributed by atoms with E-state index >= 15 is 0 Å². The SMILES string of the molecule is CCSC(=O)Nc1cc(N(C)C)c2c(c1O)C(=O)C1C(=O)[C@]3(O)C(=O)C(C(N)=O)C(=O)[C@@H](N(C)C)[C@@H]3C[C@@H]1C2. The van der Waals surface area contributed by atoms with Gasteiger partial charge < -0.3 is 26.2 Å². The molecular weight excluding hydrogens is 528 g/mol. The number of fused-ring (bicyclic) bond motifs is 3. The standard InChI is InChI=1S/C26H32N4O8S/c1-6-39-25(37)28-13-9-14(29(2)3)11-7-10-8-12-18(30(4)5)21(33)17(24(27)36)23(35)26(12,38)22(34)15(10)20(32)16(11)19(13)31/h9-10,12,15,17-18,31,38H,6-8H2,1-5H3,(H2,27,36)(H,28,37)/t10-,12-,15?,17?,18-,26-/m0/s1. The molecular formula is C26H32N4O8S. The lowest BCUT2D eigenvalue weighted by Gasteiger charge is -2.52. The Bertz CT molecular complexity index is 1310. The van der Waals surface area contributed by atoms with E-state index in [9.17, 15) is 39.0 Å². The van der Waals surface area contributed by atoms with Gasteiger partial charge in [-0.05, 0) is 50.2 Å². The Hall–Kier alpha value is -3.29. The van der Waals surface area contributed by atoms with Crippen molar-refractivity contribution in [2.75, 3.05) is 44.2 Å². The Morgan fingerprint density at radius 3 is 2.33 bits per heavy atom. The number of phenols is 1. The molecule has 0 aromatic heterocycles. The highest BCUT2D eigenvalue weighted by atomic mass is 32.2. The van der Waals surface area contributed by atoms with Crippen LogP contribution in [0.25, 0.3) is 0 Å². The fourth-order valence-corrected chi connectivity index (χ4v) is 6.87. The summed E-state index contributed by atoms with van der Waals surface area (Å²) in [5.74, 6) is -10.8. The number of benzene rings is 1. The Morgan fingerprint density at radius 1 is 1.15 bits per heavy atom. The lowest BCUT2D eigenvalue weighted by atomic mass is 9.52. The summed E-state index contributed by atoms with van der Waals surface area (Å²) in [5.41, 5.74) is 3.34. The first-order valence-electron chi connectivity index (χ1n) is 12.5. The highest BCUT2D eigenvalue weighted by Crippen LogP contribution is 2.52. The van der Waals surface area contributed by atoms with Crippen LogP contribution >= 0.6 is 11.8 Å². The largest absolute Gasteiger partial charge is 0.505 e. The number of ketones is 4. The first-order chi connectivity index (χ1) is 18.2. The summed E-state index contributed by atoms with van der Waals surface area (Å²) in [7, 11) is 6.52. The monoisotopic (exact) mass is 560 g/mol. The van der Waals surface area contributed by atoms with Crippen molar-refractivity contribution in [1.29, 1.82) is 0 Å². The molecule has 5 N–H and O–H groups in total. The average molecular weight is 561 g/mol. The number of hydrogen-bond donors (Lipinski definition) is 4. The first-order valence-corrected chi connectivity index (χ1v) is 13.5. The molecule has 0 aliphatic heterocycles. The minimum Gasteiger partial charge on any atom is -0.505 e. The second-order valence-electron chi connectivity index (χ2n) is 10.7. The van der Waals surface area contributed by atoms with E-state index in [1.54, 1.807) is 32.0 Å². The van der Waals surface area contributed by atoms with E-state index in [0.717, 1.165) is 11.8 Å². The number of hydrogen-bond acceptors (Lipinski definition) is 11. The zero-order valence-corrected chi connectivity index (χ0v) is 23.1. The molecule has 6 atom stereocenters. The molecule has 39 heavy (non-hydrogen) atoms. The van der Waals surface area contributed by atoms with Crippen molar-refractivity contribution in [3.05, 3.63) is 17.2 Å². The number of rotatable bonds is 5. The maximum Gasteiger partial charge on any atom is 0.283 e. The maximum absolute atomic E-state index is 13.9. The molecule has 0 saturated heterocycles. The fourth-order valence-electron chi connectivity index (χ4n) is 6.42. The smallest absolute Gasteiger partial charge is 0.283 e. The topological polar surface area (TPSA) is 187 Å². The van der Waals surface area contributed by atoms with E-state index in [4.69, 9.17) is 5.73 Å². The summed E-state index contributed by atoms with van der Waals surface area (Å²) in [5, 5.41) is 24.9. The molecule has 210 valence electrons. The summed E-state index contributed by atoms with van der Waals surface area (Å²) in [4.78, 5) is 81.9. The number of thioether (sulfide) groups is 1. The number of Topliss-reactive ketones (excluding diaryl/α,β-unsaturated/α-hetero) is 4. The first kappa shape index (κ1) is 28.7. The molecule has 0 heterocycles. The van der Waals surface area contributed by atoms with Crippen LogP contribution in [-0.4, -0.2) is 95.0 Å². The quantitative estimate of drug-likeness (QED) is 0.285. The summed E-state index contributed by atoms with van der Waals surface area (Å²) in [6.45, 7) is 1.78. The molecule has 13 heteroatoms. The van der Waals surface area contributed by atoms with E-state index < -0.39 is 75.3 Å². The minimum atomic E-state index is -2.79. The summed E-state index contributed by atoms with van der Waals surface area (Å²) < 4.78 is 0. The number of primary amides is 1. The van der Waals surface area contributed by atoms with Crippen molar-refractivity contribution < 1.29 is 39.0 Å². The summed E-state index contributed by atoms with van der Waals surface area (Å²) >= 11 is 0.969.